The third kappa shape index (κ3) is 1.76. The molecule has 2 aromatic rings. The van der Waals surface area contributed by atoms with Crippen molar-refractivity contribution < 1.29 is 9.47 Å². The van der Waals surface area contributed by atoms with Crippen molar-refractivity contribution in [3.05, 3.63) is 23.1 Å². The molecule has 16 heavy (non-hydrogen) atoms. The van der Waals surface area contributed by atoms with Gasteiger partial charge in [-0.05, 0) is 24.6 Å². The number of methoxy groups -OCH3 is 2. The number of nitrogens with zero attached hydrogens (tertiary/aromatic N) is 2. The molecule has 0 radical (unpaired) electrons. The zero-order valence-electron chi connectivity index (χ0n) is 9.24. The summed E-state index contributed by atoms with van der Waals surface area (Å²) < 4.78 is 10.4. The highest BCUT2D eigenvalue weighted by Gasteiger charge is 2.10. The van der Waals surface area contributed by atoms with Crippen LogP contribution in [0.15, 0.2) is 12.1 Å². The number of fused-ring (bicyclic) bond motifs is 1. The molecule has 2 rings (SSSR count). The van der Waals surface area contributed by atoms with Crippen molar-refractivity contribution in [3.8, 4) is 11.5 Å². The van der Waals surface area contributed by atoms with Crippen LogP contribution in [0.5, 0.6) is 11.5 Å². The lowest BCUT2D eigenvalue weighted by Crippen LogP contribution is -1.95. The van der Waals surface area contributed by atoms with Crippen LogP contribution in [0, 0.1) is 6.92 Å². The fourth-order valence-electron chi connectivity index (χ4n) is 1.56. The Morgan fingerprint density at radius 2 is 1.88 bits per heavy atom. The van der Waals surface area contributed by atoms with Crippen molar-refractivity contribution in [2.45, 2.75) is 6.92 Å². The second kappa shape index (κ2) is 4.14. The molecular weight excluding hydrogens is 228 g/mol. The molecule has 4 nitrogen and oxygen atoms in total. The Morgan fingerprint density at radius 3 is 2.50 bits per heavy atom. The summed E-state index contributed by atoms with van der Waals surface area (Å²) in [6, 6.07) is 3.63. The van der Waals surface area contributed by atoms with Crippen molar-refractivity contribution in [2.75, 3.05) is 14.2 Å². The van der Waals surface area contributed by atoms with Gasteiger partial charge in [0.15, 0.2) is 0 Å². The minimum absolute atomic E-state index is 0.216. The molecule has 0 fully saturated rings. The molecule has 0 spiro atoms. The molecule has 5 heteroatoms. The number of hydrogen-bond acceptors (Lipinski definition) is 4. The molecule has 0 unspecified atom stereocenters. The minimum atomic E-state index is 0.216. The van der Waals surface area contributed by atoms with E-state index in [9.17, 15) is 0 Å². The Balaban J connectivity index is 2.83. The maximum absolute atomic E-state index is 5.82. The molecule has 0 saturated heterocycles. The predicted molar refractivity (Wildman–Crippen MR) is 62.4 cm³/mol. The van der Waals surface area contributed by atoms with Gasteiger partial charge < -0.3 is 9.47 Å². The van der Waals surface area contributed by atoms with Crippen molar-refractivity contribution in [3.63, 3.8) is 0 Å². The molecule has 0 saturated carbocycles. The lowest BCUT2D eigenvalue weighted by molar-refractivity contribution is 0.397. The van der Waals surface area contributed by atoms with E-state index in [-0.39, 0.29) is 5.28 Å². The standard InChI is InChI=1S/C11H11ClN2O2/c1-6-8-4-7(15-2)5-9(16-3)10(8)14-11(12)13-6/h4-5H,1-3H3. The second-order valence-electron chi connectivity index (χ2n) is 3.30. The van der Waals surface area contributed by atoms with E-state index >= 15 is 0 Å². The van der Waals surface area contributed by atoms with E-state index in [4.69, 9.17) is 21.1 Å². The predicted octanol–water partition coefficient (Wildman–Crippen LogP) is 2.61. The first-order valence-electron chi connectivity index (χ1n) is 4.71. The van der Waals surface area contributed by atoms with Gasteiger partial charge in [-0.2, -0.15) is 0 Å². The Kier molecular flexibility index (Phi) is 2.83. The second-order valence-corrected chi connectivity index (χ2v) is 3.64. The van der Waals surface area contributed by atoms with Gasteiger partial charge in [0.1, 0.15) is 17.0 Å². The van der Waals surface area contributed by atoms with Crippen molar-refractivity contribution in [1.29, 1.82) is 0 Å². The summed E-state index contributed by atoms with van der Waals surface area (Å²) in [6.07, 6.45) is 0. The zero-order valence-corrected chi connectivity index (χ0v) is 10.00. The molecule has 1 aromatic carbocycles. The van der Waals surface area contributed by atoms with Crippen molar-refractivity contribution in [1.82, 2.24) is 9.97 Å². The van der Waals surface area contributed by atoms with E-state index in [0.717, 1.165) is 11.1 Å². The van der Waals surface area contributed by atoms with Crippen LogP contribution in [0.3, 0.4) is 0 Å². The lowest BCUT2D eigenvalue weighted by atomic mass is 10.1. The molecular formula is C11H11ClN2O2. The fraction of sp³-hybridized carbons (Fsp3) is 0.273. The molecule has 0 atom stereocenters. The molecule has 1 aromatic heterocycles. The highest BCUT2D eigenvalue weighted by atomic mass is 35.5. The normalized spacial score (nSPS) is 10.5. The van der Waals surface area contributed by atoms with Crippen LogP contribution in [0.4, 0.5) is 0 Å². The Morgan fingerprint density at radius 1 is 1.12 bits per heavy atom. The van der Waals surface area contributed by atoms with Gasteiger partial charge in [-0.1, -0.05) is 0 Å². The van der Waals surface area contributed by atoms with E-state index < -0.39 is 0 Å². The maximum Gasteiger partial charge on any atom is 0.223 e. The van der Waals surface area contributed by atoms with Crippen LogP contribution in [0.1, 0.15) is 5.69 Å². The van der Waals surface area contributed by atoms with Crippen LogP contribution in [-0.4, -0.2) is 24.2 Å². The highest BCUT2D eigenvalue weighted by Crippen LogP contribution is 2.31. The Hall–Kier alpha value is -1.55. The van der Waals surface area contributed by atoms with Crippen LogP contribution in [0.25, 0.3) is 10.9 Å². The van der Waals surface area contributed by atoms with Gasteiger partial charge in [0.2, 0.25) is 5.28 Å². The molecule has 0 bridgehead atoms. The van der Waals surface area contributed by atoms with E-state index in [2.05, 4.69) is 9.97 Å². The average molecular weight is 239 g/mol. The van der Waals surface area contributed by atoms with E-state index in [1.54, 1.807) is 20.3 Å². The summed E-state index contributed by atoms with van der Waals surface area (Å²) in [4.78, 5) is 8.25. The van der Waals surface area contributed by atoms with Gasteiger partial charge in [0, 0.05) is 11.5 Å². The number of hydrogen-bond donors (Lipinski definition) is 0. The third-order valence-corrected chi connectivity index (χ3v) is 2.53. The molecule has 0 aliphatic rings. The maximum atomic E-state index is 5.82. The van der Waals surface area contributed by atoms with Crippen molar-refractivity contribution >= 4 is 22.5 Å². The van der Waals surface area contributed by atoms with Crippen molar-refractivity contribution in [2.24, 2.45) is 0 Å². The molecule has 0 N–H and O–H groups in total. The number of rotatable bonds is 2. The number of aromatic nitrogens is 2. The van der Waals surface area contributed by atoms with Gasteiger partial charge in [0.05, 0.1) is 19.9 Å². The average Bonchev–Trinajstić information content (AvgIpc) is 2.28. The molecule has 0 aliphatic heterocycles. The van der Waals surface area contributed by atoms with E-state index in [0.29, 0.717) is 17.0 Å². The van der Waals surface area contributed by atoms with E-state index in [1.165, 1.54) is 0 Å². The summed E-state index contributed by atoms with van der Waals surface area (Å²) in [7, 11) is 3.19. The number of ether oxygens (including phenoxy) is 2. The molecule has 1 heterocycles. The first kappa shape index (κ1) is 11.0. The topological polar surface area (TPSA) is 44.2 Å². The number of aryl methyl sites for hydroxylation is 1. The summed E-state index contributed by atoms with van der Waals surface area (Å²) >= 11 is 5.82. The first-order chi connectivity index (χ1) is 7.65. The largest absolute Gasteiger partial charge is 0.497 e. The molecule has 0 amide bonds. The quantitative estimate of drug-likeness (QED) is 0.755. The summed E-state index contributed by atoms with van der Waals surface area (Å²) in [6.45, 7) is 1.87. The summed E-state index contributed by atoms with van der Waals surface area (Å²) in [5, 5.41) is 1.09. The third-order valence-electron chi connectivity index (χ3n) is 2.36. The number of halogens is 1. The molecule has 84 valence electrons. The van der Waals surface area contributed by atoms with Crippen LogP contribution in [-0.2, 0) is 0 Å². The van der Waals surface area contributed by atoms with Gasteiger partial charge in [0.25, 0.3) is 0 Å². The lowest BCUT2D eigenvalue weighted by Gasteiger charge is -2.09. The minimum Gasteiger partial charge on any atom is -0.497 e. The SMILES string of the molecule is COc1cc(OC)c2nc(Cl)nc(C)c2c1. The summed E-state index contributed by atoms with van der Waals surface area (Å²) in [5.74, 6) is 1.33. The van der Waals surface area contributed by atoms with Crippen LogP contribution >= 0.6 is 11.6 Å². The van der Waals surface area contributed by atoms with Gasteiger partial charge in [-0.25, -0.2) is 9.97 Å². The zero-order chi connectivity index (χ0) is 11.7. The van der Waals surface area contributed by atoms with Gasteiger partial charge >= 0.3 is 0 Å². The van der Waals surface area contributed by atoms with Crippen LogP contribution < -0.4 is 9.47 Å². The number of benzene rings is 1. The van der Waals surface area contributed by atoms with Gasteiger partial charge in [-0.15, -0.1) is 0 Å². The molecule has 0 aliphatic carbocycles. The Bertz CT molecular complexity index is 543. The van der Waals surface area contributed by atoms with E-state index in [1.807, 2.05) is 13.0 Å². The first-order valence-corrected chi connectivity index (χ1v) is 5.09. The fourth-order valence-corrected chi connectivity index (χ4v) is 1.77. The monoisotopic (exact) mass is 238 g/mol. The summed E-state index contributed by atoms with van der Waals surface area (Å²) in [5.41, 5.74) is 1.49. The Labute approximate surface area is 98.2 Å². The van der Waals surface area contributed by atoms with Gasteiger partial charge in [-0.3, -0.25) is 0 Å². The van der Waals surface area contributed by atoms with Crippen LogP contribution in [0.2, 0.25) is 5.28 Å². The highest BCUT2D eigenvalue weighted by molar-refractivity contribution is 6.28. The smallest absolute Gasteiger partial charge is 0.223 e.